The summed E-state index contributed by atoms with van der Waals surface area (Å²) in [5.41, 5.74) is 13.5. The van der Waals surface area contributed by atoms with E-state index in [1.165, 1.54) is 6.07 Å². The van der Waals surface area contributed by atoms with E-state index in [1.54, 1.807) is 0 Å². The molecule has 2 nitrogen and oxygen atoms in total. The van der Waals surface area contributed by atoms with Crippen LogP contribution in [0.3, 0.4) is 0 Å². The Bertz CT molecular complexity index is 336. The second-order valence-corrected chi connectivity index (χ2v) is 3.57. The molecular weight excluding hydrogens is 167 g/mol. The third-order valence-electron chi connectivity index (χ3n) is 2.57. The van der Waals surface area contributed by atoms with Crippen LogP contribution in [0.2, 0.25) is 0 Å². The normalized spacial score (nSPS) is 21.2. The maximum absolute atomic E-state index is 13.4. The first kappa shape index (κ1) is 8.51. The summed E-state index contributed by atoms with van der Waals surface area (Å²) < 4.78 is 13.4. The highest BCUT2D eigenvalue weighted by Gasteiger charge is 2.20. The number of aryl methyl sites for hydroxylation is 1. The molecule has 0 unspecified atom stereocenters. The molecule has 2 rings (SSSR count). The van der Waals surface area contributed by atoms with Crippen molar-refractivity contribution in [1.29, 1.82) is 0 Å². The van der Waals surface area contributed by atoms with E-state index in [-0.39, 0.29) is 11.9 Å². The monoisotopic (exact) mass is 180 g/mol. The van der Waals surface area contributed by atoms with Gasteiger partial charge in [-0.15, -0.1) is 0 Å². The summed E-state index contributed by atoms with van der Waals surface area (Å²) in [4.78, 5) is 0. The smallest absolute Gasteiger partial charge is 0.130 e. The third-order valence-corrected chi connectivity index (χ3v) is 2.57. The van der Waals surface area contributed by atoms with E-state index in [2.05, 4.69) is 0 Å². The van der Waals surface area contributed by atoms with Crippen LogP contribution in [0.1, 0.15) is 30.0 Å². The number of halogens is 1. The summed E-state index contributed by atoms with van der Waals surface area (Å²) >= 11 is 0. The fourth-order valence-electron chi connectivity index (χ4n) is 1.98. The zero-order chi connectivity index (χ0) is 9.42. The Morgan fingerprint density at radius 3 is 2.92 bits per heavy atom. The molecule has 70 valence electrons. The first-order chi connectivity index (χ1) is 6.18. The maximum atomic E-state index is 13.4. The molecule has 1 aliphatic rings. The average Bonchev–Trinajstić information content (AvgIpc) is 2.02. The standard InChI is InChI=1S/C10H13FN2/c11-8-5-7(12)4-6-2-1-3-9(13)10(6)8/h4-5,9H,1-3,12-13H2/t9-/m0/s1. The molecule has 0 fully saturated rings. The van der Waals surface area contributed by atoms with Crippen molar-refractivity contribution < 1.29 is 4.39 Å². The van der Waals surface area contributed by atoms with Gasteiger partial charge in [0.25, 0.3) is 0 Å². The molecule has 1 atom stereocenters. The Morgan fingerprint density at radius 1 is 1.38 bits per heavy atom. The first-order valence-corrected chi connectivity index (χ1v) is 4.52. The number of fused-ring (bicyclic) bond motifs is 1. The molecule has 4 N–H and O–H groups in total. The van der Waals surface area contributed by atoms with Crippen LogP contribution in [-0.4, -0.2) is 0 Å². The summed E-state index contributed by atoms with van der Waals surface area (Å²) in [5.74, 6) is -0.248. The second kappa shape index (κ2) is 3.00. The molecule has 0 aliphatic heterocycles. The van der Waals surface area contributed by atoms with Crippen LogP contribution in [0.4, 0.5) is 10.1 Å². The Labute approximate surface area is 76.7 Å². The van der Waals surface area contributed by atoms with Gasteiger partial charge in [-0.2, -0.15) is 0 Å². The molecule has 13 heavy (non-hydrogen) atoms. The Hall–Kier alpha value is -1.09. The molecular formula is C10H13FN2. The molecule has 1 aromatic rings. The second-order valence-electron chi connectivity index (χ2n) is 3.57. The Kier molecular flexibility index (Phi) is 1.96. The van der Waals surface area contributed by atoms with Gasteiger partial charge in [-0.3, -0.25) is 0 Å². The number of hydrogen-bond donors (Lipinski definition) is 2. The van der Waals surface area contributed by atoms with Crippen LogP contribution >= 0.6 is 0 Å². The van der Waals surface area contributed by atoms with Gasteiger partial charge in [-0.25, -0.2) is 4.39 Å². The van der Waals surface area contributed by atoms with E-state index >= 15 is 0 Å². The first-order valence-electron chi connectivity index (χ1n) is 4.52. The van der Waals surface area contributed by atoms with Gasteiger partial charge in [0.15, 0.2) is 0 Å². The summed E-state index contributed by atoms with van der Waals surface area (Å²) in [6.07, 6.45) is 2.79. The van der Waals surface area contributed by atoms with Crippen molar-refractivity contribution in [2.24, 2.45) is 5.73 Å². The van der Waals surface area contributed by atoms with Crippen LogP contribution in [0.5, 0.6) is 0 Å². The molecule has 1 aromatic carbocycles. The van der Waals surface area contributed by atoms with E-state index < -0.39 is 0 Å². The minimum Gasteiger partial charge on any atom is -0.399 e. The lowest BCUT2D eigenvalue weighted by molar-refractivity contribution is 0.519. The van der Waals surface area contributed by atoms with E-state index in [4.69, 9.17) is 11.5 Å². The molecule has 0 saturated carbocycles. The van der Waals surface area contributed by atoms with Gasteiger partial charge >= 0.3 is 0 Å². The van der Waals surface area contributed by atoms with Gasteiger partial charge in [0.2, 0.25) is 0 Å². The van der Waals surface area contributed by atoms with Gasteiger partial charge in [0.1, 0.15) is 5.82 Å². The minimum absolute atomic E-state index is 0.149. The molecule has 0 radical (unpaired) electrons. The Balaban J connectivity index is 2.56. The molecule has 0 aromatic heterocycles. The van der Waals surface area contributed by atoms with Gasteiger partial charge in [-0.1, -0.05) is 0 Å². The molecule has 0 heterocycles. The number of anilines is 1. The van der Waals surface area contributed by atoms with Crippen LogP contribution in [0.15, 0.2) is 12.1 Å². The SMILES string of the molecule is Nc1cc(F)c2c(c1)CCC[C@@H]2N. The summed E-state index contributed by atoms with van der Waals surface area (Å²) in [5, 5.41) is 0. The molecule has 0 spiro atoms. The lowest BCUT2D eigenvalue weighted by Gasteiger charge is -2.22. The average molecular weight is 180 g/mol. The van der Waals surface area contributed by atoms with Crippen molar-refractivity contribution in [2.75, 3.05) is 5.73 Å². The van der Waals surface area contributed by atoms with Crippen molar-refractivity contribution >= 4 is 5.69 Å². The summed E-state index contributed by atoms with van der Waals surface area (Å²) in [6, 6.07) is 3.03. The lowest BCUT2D eigenvalue weighted by Crippen LogP contribution is -2.19. The van der Waals surface area contributed by atoms with Crippen molar-refractivity contribution in [2.45, 2.75) is 25.3 Å². The van der Waals surface area contributed by atoms with Gasteiger partial charge in [0.05, 0.1) is 0 Å². The molecule has 3 heteroatoms. The van der Waals surface area contributed by atoms with Crippen LogP contribution in [-0.2, 0) is 6.42 Å². The lowest BCUT2D eigenvalue weighted by atomic mass is 9.87. The van der Waals surface area contributed by atoms with E-state index in [0.29, 0.717) is 11.3 Å². The number of nitrogen functional groups attached to an aromatic ring is 1. The molecule has 0 saturated heterocycles. The number of nitrogens with two attached hydrogens (primary N) is 2. The maximum Gasteiger partial charge on any atom is 0.130 e. The molecule has 0 amide bonds. The molecule has 1 aliphatic carbocycles. The fraction of sp³-hybridized carbons (Fsp3) is 0.400. The topological polar surface area (TPSA) is 52.0 Å². The Morgan fingerprint density at radius 2 is 2.15 bits per heavy atom. The van der Waals surface area contributed by atoms with Crippen molar-refractivity contribution in [3.8, 4) is 0 Å². The number of hydrogen-bond acceptors (Lipinski definition) is 2. The predicted octanol–water partition coefficient (Wildman–Crippen LogP) is 1.74. The fourth-order valence-corrected chi connectivity index (χ4v) is 1.98. The van der Waals surface area contributed by atoms with Crippen molar-refractivity contribution in [3.63, 3.8) is 0 Å². The van der Waals surface area contributed by atoms with Crippen LogP contribution < -0.4 is 11.5 Å². The largest absolute Gasteiger partial charge is 0.399 e. The van der Waals surface area contributed by atoms with E-state index in [0.717, 1.165) is 24.8 Å². The third kappa shape index (κ3) is 1.40. The van der Waals surface area contributed by atoms with E-state index in [1.807, 2.05) is 6.07 Å². The van der Waals surface area contributed by atoms with Gasteiger partial charge in [-0.05, 0) is 37.0 Å². The van der Waals surface area contributed by atoms with Gasteiger partial charge < -0.3 is 11.5 Å². The quantitative estimate of drug-likeness (QED) is 0.597. The number of rotatable bonds is 0. The van der Waals surface area contributed by atoms with Crippen molar-refractivity contribution in [1.82, 2.24) is 0 Å². The highest BCUT2D eigenvalue weighted by Crippen LogP contribution is 2.31. The summed E-state index contributed by atoms with van der Waals surface area (Å²) in [7, 11) is 0. The number of benzene rings is 1. The zero-order valence-corrected chi connectivity index (χ0v) is 7.39. The highest BCUT2D eigenvalue weighted by atomic mass is 19.1. The minimum atomic E-state index is -0.248. The van der Waals surface area contributed by atoms with Gasteiger partial charge in [0, 0.05) is 17.3 Å². The van der Waals surface area contributed by atoms with Crippen molar-refractivity contribution in [3.05, 3.63) is 29.1 Å². The summed E-state index contributed by atoms with van der Waals surface area (Å²) in [6.45, 7) is 0. The van der Waals surface area contributed by atoms with Crippen LogP contribution in [0, 0.1) is 5.82 Å². The van der Waals surface area contributed by atoms with E-state index in [9.17, 15) is 4.39 Å². The highest BCUT2D eigenvalue weighted by molar-refractivity contribution is 5.47. The predicted molar refractivity (Wildman–Crippen MR) is 50.7 cm³/mol. The zero-order valence-electron chi connectivity index (χ0n) is 7.39. The molecule has 0 bridgehead atoms. The van der Waals surface area contributed by atoms with Crippen LogP contribution in [0.25, 0.3) is 0 Å².